The topological polar surface area (TPSA) is 427 Å². The van der Waals surface area contributed by atoms with Crippen molar-refractivity contribution >= 4 is 128 Å². The van der Waals surface area contributed by atoms with Crippen molar-refractivity contribution in [1.29, 1.82) is 0 Å². The van der Waals surface area contributed by atoms with Gasteiger partial charge in [0.1, 0.15) is 123 Å². The van der Waals surface area contributed by atoms with Gasteiger partial charge in [0.2, 0.25) is 0 Å². The number of phenolic OH excluding ortho intramolecular Hbond substituents is 3. The molecule has 0 bridgehead atoms. The molecule has 30 nitrogen and oxygen atoms in total. The van der Waals surface area contributed by atoms with E-state index in [1.54, 1.807) is 50.7 Å². The van der Waals surface area contributed by atoms with Gasteiger partial charge in [0.25, 0.3) is 0 Å². The molecule has 21 aromatic rings. The number of nitrogens with zero attached hydrogens (tertiary/aromatic N) is 22. The predicted molar refractivity (Wildman–Crippen MR) is 504 cm³/mol. The molecule has 21 rings (SSSR count). The molecule has 0 saturated carbocycles. The van der Waals surface area contributed by atoms with Crippen molar-refractivity contribution < 1.29 is 46.8 Å². The van der Waals surface area contributed by atoms with Crippen LogP contribution in [-0.2, 0) is 32.4 Å². The highest BCUT2D eigenvalue weighted by Crippen LogP contribution is 2.42. The lowest BCUT2D eigenvalue weighted by atomic mass is 9.98. The number of aromatic nitrogens is 21. The fourth-order valence-corrected chi connectivity index (χ4v) is 16.0. The lowest BCUT2D eigenvalue weighted by Crippen LogP contribution is -2.28. The quantitative estimate of drug-likeness (QED) is 0.0268. The number of nitrogen functional groups attached to an aromatic ring is 4. The molecule has 0 fully saturated rings. The van der Waals surface area contributed by atoms with Gasteiger partial charge in [-0.25, -0.2) is 91.7 Å². The van der Waals surface area contributed by atoms with Gasteiger partial charge >= 0.3 is 6.18 Å². The Kier molecular flexibility index (Phi) is 24.1. The van der Waals surface area contributed by atoms with Crippen LogP contribution in [0.1, 0.15) is 54.3 Å². The van der Waals surface area contributed by atoms with Gasteiger partial charge in [-0.2, -0.15) is 33.6 Å². The van der Waals surface area contributed by atoms with Crippen molar-refractivity contribution in [3.63, 3.8) is 0 Å². The molecule has 0 radical (unpaired) electrons. The molecule has 670 valence electrons. The number of alkyl halides is 3. The first-order valence-corrected chi connectivity index (χ1v) is 42.0. The lowest BCUT2D eigenvalue weighted by molar-refractivity contribution is -0.137. The minimum Gasteiger partial charge on any atom is -0.508 e. The number of para-hydroxylation sites is 4. The molecule has 37 heteroatoms. The van der Waals surface area contributed by atoms with E-state index in [0.29, 0.717) is 107 Å². The van der Waals surface area contributed by atoms with Crippen LogP contribution in [0.15, 0.2) is 250 Å². The van der Waals surface area contributed by atoms with Crippen molar-refractivity contribution in [3.8, 4) is 85.4 Å². The van der Waals surface area contributed by atoms with Crippen LogP contribution in [-0.4, -0.2) is 144 Å². The summed E-state index contributed by atoms with van der Waals surface area (Å²) in [6.07, 6.45) is 3.38. The molecule has 13 heterocycles. The van der Waals surface area contributed by atoms with Crippen molar-refractivity contribution in [2.24, 2.45) is 0 Å². The highest BCUT2D eigenvalue weighted by Gasteiger charge is 2.35. The Balaban J connectivity index is 0.000000120. The summed E-state index contributed by atoms with van der Waals surface area (Å²) >= 11 is 6.41. The SMILES string of the molecule is CC(C)N(C)c1nc2ccccc2cc1Cn1nc(-c2cc(O)cc(F)c2)c2c(N)ncnc21.C[C@@H](O)C#Cc1nn(Cc2cc3ccccc3nc2-c2ccccc2C(F)(F)F)c2ncnc(N)c12.Nc1ncnc2c1c(-c1cc(O)cc(F)c1)nn2Cc1cc2ccccc2nc1-c1cccnc1.Nc1ncnc2c1c(-c1cc(O)cc(F)c1)nn2Cc1cc2ccccc2nc1Cl. The number of aliphatic hydroxyl groups is 1. The van der Waals surface area contributed by atoms with E-state index >= 15 is 0 Å². The standard InChI is InChI=1S/C26H19F3N6O.C26H18FN7O.C25H24FN7O.C21H14ClFN6O/c1-15(36)10-11-21-22-24(30)31-14-32-25(22)35(34-21)13-17-12-16-6-2-5-9-20(16)33-23(17)18-7-3-4-8-19(18)26(27,28)29;27-19-9-17(10-20(35)11-19)24-22-25(28)30-14-31-26(22)34(33-24)13-18-8-15-4-1-2-6-21(15)32-23(18)16-5-3-7-29-12-16;1-14(2)32(3)24-17(8-15-6-4-5-7-20(15)30-24)12-33-25-21(23(27)28-13-29-25)22(31-33)16-9-18(26)11-19(34)10-16;22-19-13(5-11-3-1-2-4-16(11)27-19)9-29-21-17(20(24)25-10-26-21)18(28-29)12-6-14(23)8-15(30)7-12/h2-9,12,14-15,36H,13H2,1H3,(H2,30,31,32);1-12,14,35H,13H2,(H2,28,30,31);4-11,13-14,34H,12H2,1-3H3,(H2,27,28,29);1-8,10,30H,9H2,(H2,24,25,26)/t15-;;;/m1.../s1. The summed E-state index contributed by atoms with van der Waals surface area (Å²) in [6, 6.07) is 59.2. The first-order valence-electron chi connectivity index (χ1n) is 41.7. The van der Waals surface area contributed by atoms with E-state index < -0.39 is 35.3 Å². The van der Waals surface area contributed by atoms with Gasteiger partial charge in [0.15, 0.2) is 22.6 Å². The fraction of sp³-hybridized carbons (Fsp3) is 0.112. The molecule has 0 unspecified atom stereocenters. The lowest BCUT2D eigenvalue weighted by Gasteiger charge is -2.25. The Morgan fingerprint density at radius 3 is 1.22 bits per heavy atom. The molecule has 0 spiro atoms. The van der Waals surface area contributed by atoms with Crippen molar-refractivity contribution in [3.05, 3.63) is 306 Å². The number of rotatable bonds is 15. The number of aromatic hydroxyl groups is 3. The second-order valence-corrected chi connectivity index (χ2v) is 31.9. The van der Waals surface area contributed by atoms with Crippen LogP contribution in [0.2, 0.25) is 5.15 Å². The van der Waals surface area contributed by atoms with E-state index in [1.807, 2.05) is 110 Å². The Bertz CT molecular complexity index is 8190. The number of benzene rings is 8. The Hall–Kier alpha value is -17.5. The van der Waals surface area contributed by atoms with Crippen molar-refractivity contribution in [2.75, 3.05) is 34.9 Å². The summed E-state index contributed by atoms with van der Waals surface area (Å²) < 4.78 is 90.3. The number of anilines is 5. The van der Waals surface area contributed by atoms with Crippen LogP contribution < -0.4 is 27.8 Å². The summed E-state index contributed by atoms with van der Waals surface area (Å²) in [6.45, 7) is 6.71. The molecule has 1 atom stereocenters. The summed E-state index contributed by atoms with van der Waals surface area (Å²) in [5.74, 6) is 4.65. The zero-order chi connectivity index (χ0) is 94.2. The highest BCUT2D eigenvalue weighted by atomic mass is 35.5. The second kappa shape index (κ2) is 36.8. The molecule has 12 N–H and O–H groups in total. The van der Waals surface area contributed by atoms with E-state index in [-0.39, 0.29) is 76.6 Å². The predicted octanol–water partition coefficient (Wildman–Crippen LogP) is 17.5. The molecule has 13 aromatic heterocycles. The number of hydrogen-bond acceptors (Lipinski definition) is 26. The maximum Gasteiger partial charge on any atom is 0.417 e. The first kappa shape index (κ1) is 88.2. The molecule has 0 aliphatic rings. The Morgan fingerprint density at radius 1 is 0.407 bits per heavy atom. The second-order valence-electron chi connectivity index (χ2n) is 31.6. The van der Waals surface area contributed by atoms with Crippen LogP contribution >= 0.6 is 11.6 Å². The maximum atomic E-state index is 14.1. The molecular weight excluding hydrogens is 1750 g/mol. The zero-order valence-corrected chi connectivity index (χ0v) is 72.5. The van der Waals surface area contributed by atoms with Gasteiger partial charge in [-0.05, 0) is 130 Å². The minimum absolute atomic E-state index is 0.0366. The molecule has 0 aliphatic carbocycles. The van der Waals surface area contributed by atoms with Gasteiger partial charge in [0.05, 0.1) is 86.7 Å². The Labute approximate surface area is 766 Å². The van der Waals surface area contributed by atoms with Gasteiger partial charge in [0, 0.05) is 115 Å². The van der Waals surface area contributed by atoms with Gasteiger partial charge < -0.3 is 48.3 Å². The normalized spacial score (nSPS) is 11.7. The first-order chi connectivity index (χ1) is 65.1. The number of aliphatic hydroxyl groups excluding tert-OH is 1. The molecule has 0 amide bonds. The maximum absolute atomic E-state index is 14.1. The van der Waals surface area contributed by atoms with Crippen LogP contribution in [0.3, 0.4) is 0 Å². The van der Waals surface area contributed by atoms with Gasteiger partial charge in [-0.15, -0.1) is 0 Å². The summed E-state index contributed by atoms with van der Waals surface area (Å²) in [7, 11) is 2.01. The van der Waals surface area contributed by atoms with E-state index in [1.165, 1.54) is 85.4 Å². The molecule has 135 heavy (non-hydrogen) atoms. The van der Waals surface area contributed by atoms with Crippen LogP contribution in [0, 0.1) is 29.3 Å². The van der Waals surface area contributed by atoms with Crippen LogP contribution in [0.5, 0.6) is 17.2 Å². The third-order valence-corrected chi connectivity index (χ3v) is 22.4. The number of halogens is 7. The van der Waals surface area contributed by atoms with E-state index in [0.717, 1.165) is 96.1 Å². The molecule has 0 saturated heterocycles. The van der Waals surface area contributed by atoms with Crippen LogP contribution in [0.25, 0.3) is 144 Å². The minimum atomic E-state index is -4.56. The fourth-order valence-electron chi connectivity index (χ4n) is 15.8. The average Bonchev–Trinajstić information content (AvgIpc) is 1.56. The smallest absolute Gasteiger partial charge is 0.417 e. The number of phenols is 3. The molecule has 8 aromatic carbocycles. The average molecular weight is 1830 g/mol. The van der Waals surface area contributed by atoms with Gasteiger partial charge in [-0.1, -0.05) is 109 Å². The highest BCUT2D eigenvalue weighted by molar-refractivity contribution is 6.30. The van der Waals surface area contributed by atoms with E-state index in [2.05, 4.69) is 108 Å². The van der Waals surface area contributed by atoms with Crippen molar-refractivity contribution in [2.45, 2.75) is 65.3 Å². The van der Waals surface area contributed by atoms with Gasteiger partial charge in [-0.3, -0.25) is 4.98 Å². The van der Waals surface area contributed by atoms with Crippen LogP contribution in [0.4, 0.5) is 55.4 Å². The molecular formula is C98H75ClF6N26O4. The largest absolute Gasteiger partial charge is 0.508 e. The summed E-state index contributed by atoms with van der Waals surface area (Å²) in [5.41, 5.74) is 36.1. The summed E-state index contributed by atoms with van der Waals surface area (Å²) in [5, 5.41) is 63.7. The van der Waals surface area contributed by atoms with E-state index in [9.17, 15) is 46.8 Å². The molecule has 0 aliphatic heterocycles. The van der Waals surface area contributed by atoms with E-state index in [4.69, 9.17) is 54.7 Å². The monoisotopic (exact) mass is 1830 g/mol. The third-order valence-electron chi connectivity index (χ3n) is 22.0. The zero-order valence-electron chi connectivity index (χ0n) is 71.7. The van der Waals surface area contributed by atoms with Crippen molar-refractivity contribution in [1.82, 2.24) is 104 Å². The Morgan fingerprint density at radius 2 is 0.785 bits per heavy atom. The third kappa shape index (κ3) is 18.4. The number of pyridine rings is 5. The summed E-state index contributed by atoms with van der Waals surface area (Å²) in [4.78, 5) is 58.9. The number of fused-ring (bicyclic) bond motifs is 8. The number of hydrogen-bond donors (Lipinski definition) is 8. The number of nitrogens with two attached hydrogens (primary N) is 4.